The fourth-order valence-corrected chi connectivity index (χ4v) is 2.31. The minimum absolute atomic E-state index is 0.781. The predicted octanol–water partition coefficient (Wildman–Crippen LogP) is 4.02. The Morgan fingerprint density at radius 2 is 1.70 bits per heavy atom. The third-order valence-corrected chi connectivity index (χ3v) is 4.41. The standard InChI is InChI=1S/C16H20BrN3/c1-4-5-18-8-13-9-19-16(20-10-13)14-6-11(2)15(17)12(3)7-14/h6-7,9-10,18H,4-5,8H2,1-3H3. The van der Waals surface area contributed by atoms with Crippen molar-refractivity contribution in [2.75, 3.05) is 6.54 Å². The first-order valence-corrected chi connectivity index (χ1v) is 7.70. The first kappa shape index (κ1) is 15.1. The van der Waals surface area contributed by atoms with Gasteiger partial charge < -0.3 is 5.32 Å². The summed E-state index contributed by atoms with van der Waals surface area (Å²) in [6.07, 6.45) is 4.94. The molecule has 0 spiro atoms. The lowest BCUT2D eigenvalue weighted by Gasteiger charge is -2.08. The average molecular weight is 334 g/mol. The molecule has 0 aliphatic rings. The van der Waals surface area contributed by atoms with Crippen LogP contribution in [0.25, 0.3) is 11.4 Å². The van der Waals surface area contributed by atoms with Crippen LogP contribution in [0.5, 0.6) is 0 Å². The molecule has 0 saturated carbocycles. The lowest BCUT2D eigenvalue weighted by molar-refractivity contribution is 0.672. The van der Waals surface area contributed by atoms with E-state index in [1.54, 1.807) is 0 Å². The number of benzene rings is 1. The van der Waals surface area contributed by atoms with Crippen molar-refractivity contribution >= 4 is 15.9 Å². The molecule has 3 nitrogen and oxygen atoms in total. The first-order valence-electron chi connectivity index (χ1n) is 6.90. The maximum Gasteiger partial charge on any atom is 0.159 e. The van der Waals surface area contributed by atoms with E-state index >= 15 is 0 Å². The summed E-state index contributed by atoms with van der Waals surface area (Å²) in [7, 11) is 0. The Labute approximate surface area is 129 Å². The van der Waals surface area contributed by atoms with E-state index in [0.717, 1.165) is 40.9 Å². The molecular formula is C16H20BrN3. The van der Waals surface area contributed by atoms with Crippen LogP contribution < -0.4 is 5.32 Å². The van der Waals surface area contributed by atoms with Crippen molar-refractivity contribution in [2.24, 2.45) is 0 Å². The number of nitrogens with one attached hydrogen (secondary N) is 1. The quantitative estimate of drug-likeness (QED) is 0.839. The zero-order chi connectivity index (χ0) is 14.5. The fourth-order valence-electron chi connectivity index (χ4n) is 2.08. The van der Waals surface area contributed by atoms with Crippen molar-refractivity contribution in [1.29, 1.82) is 0 Å². The topological polar surface area (TPSA) is 37.8 Å². The molecular weight excluding hydrogens is 314 g/mol. The van der Waals surface area contributed by atoms with Gasteiger partial charge in [0.15, 0.2) is 5.82 Å². The van der Waals surface area contributed by atoms with Gasteiger partial charge >= 0.3 is 0 Å². The molecule has 0 fully saturated rings. The van der Waals surface area contributed by atoms with Gasteiger partial charge in [-0.05, 0) is 50.1 Å². The Morgan fingerprint density at radius 1 is 1.10 bits per heavy atom. The lowest BCUT2D eigenvalue weighted by Crippen LogP contribution is -2.14. The monoisotopic (exact) mass is 333 g/mol. The van der Waals surface area contributed by atoms with Crippen molar-refractivity contribution in [3.8, 4) is 11.4 Å². The normalized spacial score (nSPS) is 10.8. The molecule has 0 unspecified atom stereocenters. The highest BCUT2D eigenvalue weighted by molar-refractivity contribution is 9.10. The van der Waals surface area contributed by atoms with Gasteiger partial charge in [-0.3, -0.25) is 0 Å². The second-order valence-electron chi connectivity index (χ2n) is 5.02. The van der Waals surface area contributed by atoms with Crippen LogP contribution in [0.1, 0.15) is 30.0 Å². The number of hydrogen-bond donors (Lipinski definition) is 1. The van der Waals surface area contributed by atoms with Crippen LogP contribution in [0.3, 0.4) is 0 Å². The number of halogens is 1. The van der Waals surface area contributed by atoms with E-state index in [9.17, 15) is 0 Å². The molecule has 4 heteroatoms. The smallest absolute Gasteiger partial charge is 0.159 e. The third-order valence-electron chi connectivity index (χ3n) is 3.16. The Kier molecular flexibility index (Phi) is 5.26. The van der Waals surface area contributed by atoms with Gasteiger partial charge in [-0.15, -0.1) is 0 Å². The summed E-state index contributed by atoms with van der Waals surface area (Å²) in [5.74, 6) is 0.781. The Hall–Kier alpha value is -1.26. The molecule has 2 aromatic rings. The van der Waals surface area contributed by atoms with E-state index in [2.05, 4.69) is 64.1 Å². The molecule has 0 radical (unpaired) electrons. The van der Waals surface area contributed by atoms with Crippen molar-refractivity contribution in [3.63, 3.8) is 0 Å². The van der Waals surface area contributed by atoms with Gasteiger partial charge in [0.25, 0.3) is 0 Å². The fraction of sp³-hybridized carbons (Fsp3) is 0.375. The highest BCUT2D eigenvalue weighted by Crippen LogP contribution is 2.26. The van der Waals surface area contributed by atoms with Gasteiger partial charge in [0.2, 0.25) is 0 Å². The molecule has 1 N–H and O–H groups in total. The number of rotatable bonds is 5. The molecule has 1 aromatic heterocycles. The van der Waals surface area contributed by atoms with Crippen LogP contribution in [0, 0.1) is 13.8 Å². The van der Waals surface area contributed by atoms with Crippen LogP contribution >= 0.6 is 15.9 Å². The predicted molar refractivity (Wildman–Crippen MR) is 86.6 cm³/mol. The van der Waals surface area contributed by atoms with E-state index in [1.807, 2.05) is 12.4 Å². The molecule has 0 saturated heterocycles. The number of aromatic nitrogens is 2. The highest BCUT2D eigenvalue weighted by Gasteiger charge is 2.06. The minimum atomic E-state index is 0.781. The first-order chi connectivity index (χ1) is 9.61. The van der Waals surface area contributed by atoms with Gasteiger partial charge in [0, 0.05) is 34.5 Å². The molecule has 20 heavy (non-hydrogen) atoms. The second-order valence-corrected chi connectivity index (χ2v) is 5.81. The van der Waals surface area contributed by atoms with Crippen LogP contribution in [0.15, 0.2) is 29.0 Å². The summed E-state index contributed by atoms with van der Waals surface area (Å²) < 4.78 is 1.15. The highest BCUT2D eigenvalue weighted by atomic mass is 79.9. The maximum absolute atomic E-state index is 4.47. The Balaban J connectivity index is 2.17. The van der Waals surface area contributed by atoms with Crippen LogP contribution in [-0.2, 0) is 6.54 Å². The van der Waals surface area contributed by atoms with E-state index in [1.165, 1.54) is 11.1 Å². The third kappa shape index (κ3) is 3.64. The van der Waals surface area contributed by atoms with Crippen molar-refractivity contribution in [2.45, 2.75) is 33.7 Å². The second kappa shape index (κ2) is 6.95. The molecule has 0 aliphatic carbocycles. The number of nitrogens with zero attached hydrogens (tertiary/aromatic N) is 2. The van der Waals surface area contributed by atoms with Gasteiger partial charge in [-0.2, -0.15) is 0 Å². The molecule has 2 rings (SSSR count). The molecule has 0 atom stereocenters. The summed E-state index contributed by atoms with van der Waals surface area (Å²) >= 11 is 3.58. The summed E-state index contributed by atoms with van der Waals surface area (Å²) in [6.45, 7) is 8.18. The molecule has 1 heterocycles. The summed E-state index contributed by atoms with van der Waals surface area (Å²) in [5.41, 5.74) is 4.60. The van der Waals surface area contributed by atoms with Crippen molar-refractivity contribution < 1.29 is 0 Å². The van der Waals surface area contributed by atoms with Crippen LogP contribution in [-0.4, -0.2) is 16.5 Å². The van der Waals surface area contributed by atoms with Gasteiger partial charge in [0.1, 0.15) is 0 Å². The average Bonchev–Trinajstić information content (AvgIpc) is 2.45. The number of hydrogen-bond acceptors (Lipinski definition) is 3. The number of aryl methyl sites for hydroxylation is 2. The SMILES string of the molecule is CCCNCc1cnc(-c2cc(C)c(Br)c(C)c2)nc1. The van der Waals surface area contributed by atoms with Gasteiger partial charge in [-0.25, -0.2) is 9.97 Å². The maximum atomic E-state index is 4.47. The van der Waals surface area contributed by atoms with E-state index < -0.39 is 0 Å². The summed E-state index contributed by atoms with van der Waals surface area (Å²) in [5, 5.41) is 3.35. The summed E-state index contributed by atoms with van der Waals surface area (Å²) in [4.78, 5) is 8.95. The van der Waals surface area contributed by atoms with Gasteiger partial charge in [0.05, 0.1) is 0 Å². The summed E-state index contributed by atoms with van der Waals surface area (Å²) in [6, 6.07) is 4.23. The molecule has 0 amide bonds. The molecule has 106 valence electrons. The van der Waals surface area contributed by atoms with Crippen LogP contribution in [0.2, 0.25) is 0 Å². The molecule has 0 aliphatic heterocycles. The largest absolute Gasteiger partial charge is 0.313 e. The van der Waals surface area contributed by atoms with Gasteiger partial charge in [-0.1, -0.05) is 22.9 Å². The zero-order valence-electron chi connectivity index (χ0n) is 12.2. The Bertz CT molecular complexity index is 556. The zero-order valence-corrected chi connectivity index (χ0v) is 13.8. The molecule has 0 bridgehead atoms. The molecule has 1 aromatic carbocycles. The Morgan fingerprint density at radius 3 is 2.25 bits per heavy atom. The van der Waals surface area contributed by atoms with Crippen molar-refractivity contribution in [3.05, 3.63) is 45.7 Å². The lowest BCUT2D eigenvalue weighted by atomic mass is 10.1. The minimum Gasteiger partial charge on any atom is -0.313 e. The van der Waals surface area contributed by atoms with Crippen LogP contribution in [0.4, 0.5) is 0 Å². The van der Waals surface area contributed by atoms with E-state index in [0.29, 0.717) is 0 Å². The van der Waals surface area contributed by atoms with E-state index in [4.69, 9.17) is 0 Å². The van der Waals surface area contributed by atoms with E-state index in [-0.39, 0.29) is 0 Å². The van der Waals surface area contributed by atoms with Crippen molar-refractivity contribution in [1.82, 2.24) is 15.3 Å².